The number of rotatable bonds is 5. The Balaban J connectivity index is 1.82. The number of ether oxygens (including phenoxy) is 3. The van der Waals surface area contributed by atoms with Crippen molar-refractivity contribution in [3.8, 4) is 40.1 Å². The predicted molar refractivity (Wildman–Crippen MR) is 124 cm³/mol. The molecule has 0 spiro atoms. The molecule has 4 aromatic rings. The van der Waals surface area contributed by atoms with Crippen molar-refractivity contribution < 1.29 is 38.7 Å². The fourth-order valence-corrected chi connectivity index (χ4v) is 4.21. The van der Waals surface area contributed by atoms with E-state index in [-0.39, 0.29) is 35.5 Å². The van der Waals surface area contributed by atoms with E-state index in [9.17, 15) is 24.9 Å². The number of phenolic OH excluding ortho intramolecular Hbond substituents is 3. The second kappa shape index (κ2) is 8.60. The average Bonchev–Trinajstić information content (AvgIpc) is 3.35. The summed E-state index contributed by atoms with van der Waals surface area (Å²) in [5.74, 6) is -2.90. The molecule has 1 atom stereocenters. The quantitative estimate of drug-likeness (QED) is 0.288. The Morgan fingerprint density at radius 1 is 0.971 bits per heavy atom. The zero-order chi connectivity index (χ0) is 24.7. The van der Waals surface area contributed by atoms with Gasteiger partial charge in [-0.1, -0.05) is 36.4 Å². The van der Waals surface area contributed by atoms with E-state index in [1.807, 2.05) is 0 Å². The number of phenols is 3. The number of benzene rings is 3. The van der Waals surface area contributed by atoms with Crippen LogP contribution in [0.2, 0.25) is 0 Å². The third-order valence-corrected chi connectivity index (χ3v) is 5.94. The molecule has 0 bridgehead atoms. The molecule has 3 N–H and O–H groups in total. The van der Waals surface area contributed by atoms with E-state index >= 15 is 0 Å². The number of carbonyl (C=O) groups excluding carboxylic acids is 1. The maximum atomic E-state index is 13.1. The third-order valence-electron chi connectivity index (χ3n) is 5.94. The minimum Gasteiger partial charge on any atom is -0.504 e. The first-order valence-corrected chi connectivity index (χ1v) is 10.7. The lowest BCUT2D eigenvalue weighted by atomic mass is 9.86. The van der Waals surface area contributed by atoms with Crippen LogP contribution in [0.4, 0.5) is 0 Å². The minimum absolute atomic E-state index is 0.0317. The number of esters is 1. The van der Waals surface area contributed by atoms with Gasteiger partial charge in [0.1, 0.15) is 16.7 Å². The van der Waals surface area contributed by atoms with Crippen LogP contribution in [-0.4, -0.2) is 35.2 Å². The maximum absolute atomic E-state index is 13.1. The Hall–Kier alpha value is -4.66. The molecule has 5 rings (SSSR count). The van der Waals surface area contributed by atoms with Gasteiger partial charge in [0.25, 0.3) is 0 Å². The Labute approximate surface area is 198 Å². The largest absolute Gasteiger partial charge is 0.504 e. The normalized spacial score (nSPS) is 13.1. The lowest BCUT2D eigenvalue weighted by molar-refractivity contribution is -0.140. The summed E-state index contributed by atoms with van der Waals surface area (Å²) < 4.78 is 21.7. The van der Waals surface area contributed by atoms with Crippen LogP contribution in [0.25, 0.3) is 22.3 Å². The summed E-state index contributed by atoms with van der Waals surface area (Å²) >= 11 is 0. The molecule has 35 heavy (non-hydrogen) atoms. The van der Waals surface area contributed by atoms with Gasteiger partial charge in [0.05, 0.1) is 13.5 Å². The van der Waals surface area contributed by atoms with Gasteiger partial charge in [0.2, 0.25) is 12.5 Å². The van der Waals surface area contributed by atoms with Crippen molar-refractivity contribution in [1.82, 2.24) is 0 Å². The van der Waals surface area contributed by atoms with Crippen molar-refractivity contribution in [2.24, 2.45) is 0 Å². The summed E-state index contributed by atoms with van der Waals surface area (Å²) in [7, 11) is 1.22. The van der Waals surface area contributed by atoms with Gasteiger partial charge in [-0.15, -0.1) is 0 Å². The Kier molecular flexibility index (Phi) is 5.44. The predicted octanol–water partition coefficient (Wildman–Crippen LogP) is 4.00. The molecular weight excluding hydrogens is 456 g/mol. The van der Waals surface area contributed by atoms with Gasteiger partial charge < -0.3 is 33.9 Å². The summed E-state index contributed by atoms with van der Waals surface area (Å²) in [6, 6.07) is 14.9. The molecule has 9 heteroatoms. The van der Waals surface area contributed by atoms with Crippen LogP contribution in [0.5, 0.6) is 28.7 Å². The second-order valence-corrected chi connectivity index (χ2v) is 7.95. The minimum atomic E-state index is -0.944. The molecule has 0 unspecified atom stereocenters. The first-order chi connectivity index (χ1) is 16.9. The van der Waals surface area contributed by atoms with Crippen LogP contribution in [-0.2, 0) is 9.53 Å². The molecule has 178 valence electrons. The summed E-state index contributed by atoms with van der Waals surface area (Å²) in [6.07, 6.45) is -0.276. The van der Waals surface area contributed by atoms with E-state index in [1.54, 1.807) is 48.5 Å². The lowest BCUT2D eigenvalue weighted by Gasteiger charge is -2.21. The van der Waals surface area contributed by atoms with E-state index < -0.39 is 34.6 Å². The second-order valence-electron chi connectivity index (χ2n) is 7.95. The summed E-state index contributed by atoms with van der Waals surface area (Å²) in [5.41, 5.74) is 0.207. The number of aromatic hydroxyl groups is 3. The highest BCUT2D eigenvalue weighted by Gasteiger charge is 2.32. The highest BCUT2D eigenvalue weighted by atomic mass is 16.7. The number of hydrogen-bond acceptors (Lipinski definition) is 9. The first-order valence-electron chi connectivity index (χ1n) is 10.7. The van der Waals surface area contributed by atoms with E-state index in [1.165, 1.54) is 13.2 Å². The van der Waals surface area contributed by atoms with Crippen LogP contribution in [0.1, 0.15) is 23.5 Å². The Bertz CT molecular complexity index is 1510. The SMILES string of the molecule is COC(=O)C[C@@H](c1ccc2c(c1)OCO2)c1c(O)c(O)c(O)c2c(=O)cc(-c3ccccc3)oc12. The van der Waals surface area contributed by atoms with Crippen molar-refractivity contribution >= 4 is 16.9 Å². The summed E-state index contributed by atoms with van der Waals surface area (Å²) in [4.78, 5) is 25.5. The van der Waals surface area contributed by atoms with Crippen LogP contribution in [0.3, 0.4) is 0 Å². The molecule has 0 radical (unpaired) electrons. The van der Waals surface area contributed by atoms with Crippen LogP contribution in [0.15, 0.2) is 63.8 Å². The monoisotopic (exact) mass is 476 g/mol. The smallest absolute Gasteiger partial charge is 0.306 e. The number of carbonyl (C=O) groups is 1. The molecule has 3 aromatic carbocycles. The Morgan fingerprint density at radius 2 is 1.71 bits per heavy atom. The fourth-order valence-electron chi connectivity index (χ4n) is 4.21. The molecular formula is C26H20O9. The van der Waals surface area contributed by atoms with Gasteiger partial charge in [-0.05, 0) is 17.7 Å². The molecule has 1 aliphatic rings. The van der Waals surface area contributed by atoms with Crippen LogP contribution < -0.4 is 14.9 Å². The standard InChI is InChI=1S/C26H20O9/c1-32-20(28)10-15(14-7-8-17-19(9-14)34-12-33-17)21-23(29)25(31)24(30)22-16(27)11-18(35-26(21)22)13-5-3-2-4-6-13/h2-9,11,15,29-31H,10,12H2,1H3/t15-/m0/s1. The van der Waals surface area contributed by atoms with Gasteiger partial charge in [-0.2, -0.15) is 0 Å². The summed E-state index contributed by atoms with van der Waals surface area (Å²) in [6.45, 7) is 0.0317. The van der Waals surface area contributed by atoms with Crippen molar-refractivity contribution in [1.29, 1.82) is 0 Å². The van der Waals surface area contributed by atoms with E-state index in [0.29, 0.717) is 22.6 Å². The van der Waals surface area contributed by atoms with Crippen molar-refractivity contribution in [2.45, 2.75) is 12.3 Å². The summed E-state index contributed by atoms with van der Waals surface area (Å²) in [5, 5.41) is 31.6. The van der Waals surface area contributed by atoms with Gasteiger partial charge in [0.15, 0.2) is 28.4 Å². The number of hydrogen-bond donors (Lipinski definition) is 3. The van der Waals surface area contributed by atoms with Crippen LogP contribution >= 0.6 is 0 Å². The molecule has 0 amide bonds. The zero-order valence-corrected chi connectivity index (χ0v) is 18.5. The van der Waals surface area contributed by atoms with E-state index in [2.05, 4.69) is 0 Å². The molecule has 2 heterocycles. The van der Waals surface area contributed by atoms with Gasteiger partial charge in [0, 0.05) is 23.1 Å². The zero-order valence-electron chi connectivity index (χ0n) is 18.5. The highest BCUT2D eigenvalue weighted by Crippen LogP contribution is 2.50. The molecule has 0 aliphatic carbocycles. The molecule has 1 aliphatic heterocycles. The van der Waals surface area contributed by atoms with Crippen LogP contribution in [0, 0.1) is 0 Å². The highest BCUT2D eigenvalue weighted by molar-refractivity contribution is 5.93. The molecule has 9 nitrogen and oxygen atoms in total. The first kappa shape index (κ1) is 22.1. The molecule has 1 aromatic heterocycles. The average molecular weight is 476 g/mol. The Morgan fingerprint density at radius 3 is 2.46 bits per heavy atom. The van der Waals surface area contributed by atoms with Gasteiger partial charge in [-0.3, -0.25) is 9.59 Å². The molecule has 0 saturated heterocycles. The lowest BCUT2D eigenvalue weighted by Crippen LogP contribution is -2.12. The van der Waals surface area contributed by atoms with Gasteiger partial charge >= 0.3 is 5.97 Å². The van der Waals surface area contributed by atoms with Crippen molar-refractivity contribution in [2.75, 3.05) is 13.9 Å². The molecule has 0 fully saturated rings. The third kappa shape index (κ3) is 3.76. The number of fused-ring (bicyclic) bond motifs is 2. The molecule has 0 saturated carbocycles. The van der Waals surface area contributed by atoms with E-state index in [4.69, 9.17) is 18.6 Å². The van der Waals surface area contributed by atoms with E-state index in [0.717, 1.165) is 0 Å². The van der Waals surface area contributed by atoms with Crippen molar-refractivity contribution in [3.05, 3.63) is 75.9 Å². The van der Waals surface area contributed by atoms with Crippen molar-refractivity contribution in [3.63, 3.8) is 0 Å². The fraction of sp³-hybridized carbons (Fsp3) is 0.154. The number of methoxy groups -OCH3 is 1. The topological polar surface area (TPSA) is 136 Å². The maximum Gasteiger partial charge on any atom is 0.306 e. The van der Waals surface area contributed by atoms with Gasteiger partial charge in [-0.25, -0.2) is 0 Å².